The Hall–Kier alpha value is -1.63. The minimum absolute atomic E-state index is 0.0357. The van der Waals surface area contributed by atoms with Gasteiger partial charge in [-0.1, -0.05) is 0 Å². The summed E-state index contributed by atoms with van der Waals surface area (Å²) >= 11 is 1.36. The molecule has 112 valence electrons. The molecule has 0 aliphatic carbocycles. The van der Waals surface area contributed by atoms with Gasteiger partial charge in [-0.15, -0.1) is 11.3 Å². The number of nitrogens with zero attached hydrogens (tertiary/aromatic N) is 2. The molecule has 0 aliphatic rings. The summed E-state index contributed by atoms with van der Waals surface area (Å²) in [6.45, 7) is 5.84. The lowest BCUT2D eigenvalue weighted by molar-refractivity contribution is -0.148. The average molecular weight is 299 g/mol. The van der Waals surface area contributed by atoms with Crippen LogP contribution in [0.4, 0.5) is 5.13 Å². The van der Waals surface area contributed by atoms with Crippen LogP contribution in [0.1, 0.15) is 26.5 Å². The summed E-state index contributed by atoms with van der Waals surface area (Å²) in [5.74, 6) is -0.340. The zero-order chi connectivity index (χ0) is 15.3. The lowest BCUT2D eigenvalue weighted by atomic mass is 9.90. The molecule has 1 N–H and O–H groups in total. The summed E-state index contributed by atoms with van der Waals surface area (Å²) in [5.41, 5.74) is -0.154. The largest absolute Gasteiger partial charge is 0.465 e. The van der Waals surface area contributed by atoms with Crippen LogP contribution in [-0.4, -0.2) is 49.0 Å². The summed E-state index contributed by atoms with van der Waals surface area (Å²) in [4.78, 5) is 29.2. The molecule has 20 heavy (non-hydrogen) atoms. The van der Waals surface area contributed by atoms with Crippen molar-refractivity contribution in [3.05, 3.63) is 11.1 Å². The molecule has 6 nitrogen and oxygen atoms in total. The van der Waals surface area contributed by atoms with Crippen LogP contribution in [0.5, 0.6) is 0 Å². The van der Waals surface area contributed by atoms with E-state index >= 15 is 0 Å². The molecule has 0 spiro atoms. The summed E-state index contributed by atoms with van der Waals surface area (Å²) in [7, 11) is 3.39. The van der Waals surface area contributed by atoms with E-state index in [2.05, 4.69) is 10.3 Å². The number of aromatic nitrogens is 1. The summed E-state index contributed by atoms with van der Waals surface area (Å²) in [6.07, 6.45) is 0. The number of anilines is 1. The molecule has 1 heterocycles. The van der Waals surface area contributed by atoms with Crippen LogP contribution in [0.15, 0.2) is 5.38 Å². The summed E-state index contributed by atoms with van der Waals surface area (Å²) in [5, 5.41) is 5.38. The Kier molecular flexibility index (Phi) is 5.50. The minimum atomic E-state index is -0.794. The number of amides is 1. The lowest BCUT2D eigenvalue weighted by Gasteiger charge is -2.19. The van der Waals surface area contributed by atoms with Crippen LogP contribution in [0, 0.1) is 0 Å². The molecule has 7 heteroatoms. The molecule has 1 aromatic heterocycles. The van der Waals surface area contributed by atoms with Crippen LogP contribution in [0.25, 0.3) is 0 Å². The average Bonchev–Trinajstić information content (AvgIpc) is 2.85. The highest BCUT2D eigenvalue weighted by molar-refractivity contribution is 7.13. The Labute approximate surface area is 123 Å². The zero-order valence-corrected chi connectivity index (χ0v) is 13.3. The maximum Gasteiger partial charge on any atom is 0.317 e. The van der Waals surface area contributed by atoms with Crippen molar-refractivity contribution in [1.82, 2.24) is 9.88 Å². The van der Waals surface area contributed by atoms with Gasteiger partial charge in [0.15, 0.2) is 5.13 Å². The molecule has 0 saturated carbocycles. The number of likely N-dealkylation sites (N-methyl/N-ethyl adjacent to an activating group) is 1. The molecule has 0 aromatic carbocycles. The summed E-state index contributed by atoms with van der Waals surface area (Å²) < 4.78 is 5.04. The van der Waals surface area contributed by atoms with Gasteiger partial charge in [0.1, 0.15) is 5.41 Å². The number of carbonyl (C=O) groups excluding carboxylic acids is 2. The normalized spacial score (nSPS) is 11.1. The van der Waals surface area contributed by atoms with Crippen molar-refractivity contribution >= 4 is 28.3 Å². The molecule has 1 amide bonds. The number of nitrogens with one attached hydrogen (secondary N) is 1. The van der Waals surface area contributed by atoms with Crippen molar-refractivity contribution in [3.8, 4) is 0 Å². The predicted molar refractivity (Wildman–Crippen MR) is 79.0 cm³/mol. The van der Waals surface area contributed by atoms with Gasteiger partial charge in [0.2, 0.25) is 5.91 Å². The van der Waals surface area contributed by atoms with Crippen LogP contribution in [-0.2, 0) is 19.7 Å². The Balaban J connectivity index is 2.71. The van der Waals surface area contributed by atoms with E-state index in [4.69, 9.17) is 4.74 Å². The van der Waals surface area contributed by atoms with E-state index in [1.165, 1.54) is 16.2 Å². The topological polar surface area (TPSA) is 71.5 Å². The first-order valence-corrected chi connectivity index (χ1v) is 7.24. The van der Waals surface area contributed by atoms with E-state index < -0.39 is 5.41 Å². The lowest BCUT2D eigenvalue weighted by Crippen LogP contribution is -2.31. The Morgan fingerprint density at radius 3 is 2.65 bits per heavy atom. The Morgan fingerprint density at radius 2 is 2.10 bits per heavy atom. The standard InChI is InChI=1S/C13H21N3O3S/c1-6-19-11(18)13(2,3)9-8-20-12(15-9)14-7-10(17)16(4)5/h8H,6-7H2,1-5H3,(H,14,15). The molecule has 0 aliphatic heterocycles. The van der Waals surface area contributed by atoms with Crippen molar-refractivity contribution in [1.29, 1.82) is 0 Å². The third-order valence-electron chi connectivity index (χ3n) is 2.82. The summed E-state index contributed by atoms with van der Waals surface area (Å²) in [6, 6.07) is 0. The maximum absolute atomic E-state index is 11.9. The minimum Gasteiger partial charge on any atom is -0.465 e. The van der Waals surface area contributed by atoms with Crippen LogP contribution in [0.2, 0.25) is 0 Å². The van der Waals surface area contributed by atoms with E-state index in [0.717, 1.165) is 0 Å². The fraction of sp³-hybridized carbons (Fsp3) is 0.615. The highest BCUT2D eigenvalue weighted by Crippen LogP contribution is 2.28. The molecular formula is C13H21N3O3S. The smallest absolute Gasteiger partial charge is 0.317 e. The maximum atomic E-state index is 11.9. The van der Waals surface area contributed by atoms with E-state index in [1.807, 2.05) is 0 Å². The van der Waals surface area contributed by atoms with Gasteiger partial charge in [0.05, 0.1) is 18.8 Å². The van der Waals surface area contributed by atoms with Gasteiger partial charge in [0, 0.05) is 19.5 Å². The molecule has 0 radical (unpaired) electrons. The molecule has 1 aromatic rings. The van der Waals surface area contributed by atoms with E-state index in [-0.39, 0.29) is 18.4 Å². The van der Waals surface area contributed by atoms with Crippen molar-refractivity contribution in [2.24, 2.45) is 0 Å². The first-order valence-electron chi connectivity index (χ1n) is 6.36. The van der Waals surface area contributed by atoms with Crippen molar-refractivity contribution in [2.75, 3.05) is 32.6 Å². The van der Waals surface area contributed by atoms with Crippen LogP contribution in [0.3, 0.4) is 0 Å². The second-order valence-corrected chi connectivity index (χ2v) is 5.88. The van der Waals surface area contributed by atoms with E-state index in [0.29, 0.717) is 17.4 Å². The highest BCUT2D eigenvalue weighted by Gasteiger charge is 2.33. The van der Waals surface area contributed by atoms with Crippen LogP contribution >= 0.6 is 11.3 Å². The number of hydrogen-bond donors (Lipinski definition) is 1. The predicted octanol–water partition coefficient (Wildman–Crippen LogP) is 1.48. The zero-order valence-electron chi connectivity index (χ0n) is 12.5. The number of rotatable bonds is 6. The van der Waals surface area contributed by atoms with Gasteiger partial charge in [-0.25, -0.2) is 4.98 Å². The first-order chi connectivity index (χ1) is 9.28. The SMILES string of the molecule is CCOC(=O)C(C)(C)c1csc(NCC(=O)N(C)C)n1. The number of carbonyl (C=O) groups is 2. The molecule has 0 unspecified atom stereocenters. The quantitative estimate of drug-likeness (QED) is 0.806. The molecule has 0 fully saturated rings. The van der Waals surface area contributed by atoms with Crippen molar-refractivity contribution < 1.29 is 14.3 Å². The number of ether oxygens (including phenoxy) is 1. The molecule has 0 atom stereocenters. The first kappa shape index (κ1) is 16.4. The van der Waals surface area contributed by atoms with Crippen LogP contribution < -0.4 is 5.32 Å². The van der Waals surface area contributed by atoms with E-state index in [9.17, 15) is 9.59 Å². The third kappa shape index (κ3) is 3.93. The monoisotopic (exact) mass is 299 g/mol. The second kappa shape index (κ2) is 6.69. The van der Waals surface area contributed by atoms with Gasteiger partial charge in [-0.3, -0.25) is 9.59 Å². The van der Waals surface area contributed by atoms with E-state index in [1.54, 1.807) is 40.2 Å². The van der Waals surface area contributed by atoms with Gasteiger partial charge in [-0.2, -0.15) is 0 Å². The molecule has 0 bridgehead atoms. The third-order valence-corrected chi connectivity index (χ3v) is 3.62. The molecular weight excluding hydrogens is 278 g/mol. The van der Waals surface area contributed by atoms with Crippen molar-refractivity contribution in [2.45, 2.75) is 26.2 Å². The highest BCUT2D eigenvalue weighted by atomic mass is 32.1. The number of esters is 1. The van der Waals surface area contributed by atoms with Gasteiger partial charge in [0.25, 0.3) is 0 Å². The molecule has 1 rings (SSSR count). The number of hydrogen-bond acceptors (Lipinski definition) is 6. The fourth-order valence-electron chi connectivity index (χ4n) is 1.37. The van der Waals surface area contributed by atoms with Crippen molar-refractivity contribution in [3.63, 3.8) is 0 Å². The number of thiazole rings is 1. The van der Waals surface area contributed by atoms with Gasteiger partial charge >= 0.3 is 5.97 Å². The van der Waals surface area contributed by atoms with Gasteiger partial charge < -0.3 is 15.0 Å². The molecule has 0 saturated heterocycles. The Morgan fingerprint density at radius 1 is 1.45 bits per heavy atom. The second-order valence-electron chi connectivity index (χ2n) is 5.03. The Bertz CT molecular complexity index is 483. The van der Waals surface area contributed by atoms with Gasteiger partial charge in [-0.05, 0) is 20.8 Å². The fourth-order valence-corrected chi connectivity index (χ4v) is 2.24.